The van der Waals surface area contributed by atoms with Crippen molar-refractivity contribution in [2.24, 2.45) is 0 Å². The summed E-state index contributed by atoms with van der Waals surface area (Å²) in [4.78, 5) is 25.4. The molecule has 0 spiro atoms. The van der Waals surface area contributed by atoms with E-state index in [9.17, 15) is 9.59 Å². The van der Waals surface area contributed by atoms with Crippen molar-refractivity contribution in [2.45, 2.75) is 40.2 Å². The fourth-order valence-corrected chi connectivity index (χ4v) is 4.11. The number of allylic oxidation sites excluding steroid dienone is 1. The molecule has 2 aromatic carbocycles. The fourth-order valence-electron chi connectivity index (χ4n) is 4.11. The van der Waals surface area contributed by atoms with Gasteiger partial charge in [-0.1, -0.05) is 25.1 Å². The number of aryl methyl sites for hydroxylation is 1. The van der Waals surface area contributed by atoms with Gasteiger partial charge in [-0.25, -0.2) is 14.3 Å². The summed E-state index contributed by atoms with van der Waals surface area (Å²) in [6, 6.07) is 14.5. The van der Waals surface area contributed by atoms with Crippen LogP contribution in [0.3, 0.4) is 0 Å². The third kappa shape index (κ3) is 5.06. The Morgan fingerprint density at radius 2 is 1.89 bits per heavy atom. The van der Waals surface area contributed by atoms with Gasteiger partial charge in [-0.3, -0.25) is 0 Å². The Hall–Kier alpha value is -4.07. The van der Waals surface area contributed by atoms with Crippen LogP contribution in [0.15, 0.2) is 66.0 Å². The molecule has 2 heterocycles. The lowest BCUT2D eigenvalue weighted by Crippen LogP contribution is -2.45. The Bertz CT molecular complexity index is 1260. The summed E-state index contributed by atoms with van der Waals surface area (Å²) >= 11 is 0. The molecule has 1 aliphatic rings. The molecule has 0 unspecified atom stereocenters. The van der Waals surface area contributed by atoms with Crippen molar-refractivity contribution in [2.75, 3.05) is 13.2 Å². The van der Waals surface area contributed by atoms with Gasteiger partial charge in [-0.2, -0.15) is 5.10 Å². The van der Waals surface area contributed by atoms with E-state index in [1.807, 2.05) is 61.7 Å². The molecule has 0 saturated carbocycles. The zero-order valence-corrected chi connectivity index (χ0v) is 20.4. The lowest BCUT2D eigenvalue weighted by atomic mass is 9.93. The van der Waals surface area contributed by atoms with Crippen molar-refractivity contribution in [3.05, 3.63) is 77.1 Å². The quantitative estimate of drug-likeness (QED) is 0.456. The standard InChI is InChI=1S/C27H30N4O4/c1-5-14-35-22-13-12-19(15-17(22)3)24-21(16-31(30-24)20-10-8-7-9-11-20)25-23(26(32)34-6-2)18(4)28-27(33)29-25/h7-13,15-16,25H,5-6,14H2,1-4H3,(H2,28,29,33)/t25-/m1/s1. The first kappa shape index (κ1) is 24.1. The number of carbonyl (C=O) groups excluding carboxylic acids is 2. The van der Waals surface area contributed by atoms with E-state index < -0.39 is 18.0 Å². The zero-order valence-electron chi connectivity index (χ0n) is 20.4. The molecule has 4 rings (SSSR count). The number of carbonyl (C=O) groups is 2. The van der Waals surface area contributed by atoms with E-state index in [-0.39, 0.29) is 6.61 Å². The molecule has 8 heteroatoms. The molecule has 3 aromatic rings. The molecule has 0 radical (unpaired) electrons. The maximum Gasteiger partial charge on any atom is 0.338 e. The van der Waals surface area contributed by atoms with Gasteiger partial charge in [0.15, 0.2) is 0 Å². The van der Waals surface area contributed by atoms with Crippen molar-refractivity contribution < 1.29 is 19.1 Å². The molecule has 0 saturated heterocycles. The molecule has 1 aliphatic heterocycles. The number of benzene rings is 2. The van der Waals surface area contributed by atoms with Gasteiger partial charge in [0.05, 0.1) is 36.2 Å². The van der Waals surface area contributed by atoms with Gasteiger partial charge in [-0.15, -0.1) is 0 Å². The SMILES string of the molecule is CCCOc1ccc(-c2nn(-c3ccccc3)cc2[C@H]2NC(=O)NC(C)=C2C(=O)OCC)cc1C. The summed E-state index contributed by atoms with van der Waals surface area (Å²) in [5, 5.41) is 10.5. The minimum Gasteiger partial charge on any atom is -0.493 e. The highest BCUT2D eigenvalue weighted by atomic mass is 16.5. The van der Waals surface area contributed by atoms with Crippen LogP contribution in [0.5, 0.6) is 5.75 Å². The van der Waals surface area contributed by atoms with Gasteiger partial charge < -0.3 is 20.1 Å². The average molecular weight is 475 g/mol. The van der Waals surface area contributed by atoms with E-state index in [4.69, 9.17) is 14.6 Å². The monoisotopic (exact) mass is 474 g/mol. The van der Waals surface area contributed by atoms with E-state index in [0.717, 1.165) is 29.0 Å². The number of ether oxygens (including phenoxy) is 2. The Morgan fingerprint density at radius 3 is 2.57 bits per heavy atom. The van der Waals surface area contributed by atoms with Crippen LogP contribution in [0.25, 0.3) is 16.9 Å². The van der Waals surface area contributed by atoms with Gasteiger partial charge in [0, 0.05) is 23.0 Å². The number of nitrogens with one attached hydrogen (secondary N) is 2. The molecule has 8 nitrogen and oxygen atoms in total. The van der Waals surface area contributed by atoms with Crippen LogP contribution in [0, 0.1) is 6.92 Å². The molecule has 1 aromatic heterocycles. The lowest BCUT2D eigenvalue weighted by Gasteiger charge is -2.27. The second kappa shape index (κ2) is 10.5. The topological polar surface area (TPSA) is 94.5 Å². The van der Waals surface area contributed by atoms with Crippen LogP contribution in [0.2, 0.25) is 0 Å². The Morgan fingerprint density at radius 1 is 1.11 bits per heavy atom. The number of urea groups is 1. The first-order chi connectivity index (χ1) is 16.9. The first-order valence-electron chi connectivity index (χ1n) is 11.8. The second-order valence-corrected chi connectivity index (χ2v) is 8.33. The molecule has 35 heavy (non-hydrogen) atoms. The number of rotatable bonds is 8. The van der Waals surface area contributed by atoms with Crippen LogP contribution in [-0.4, -0.2) is 35.0 Å². The van der Waals surface area contributed by atoms with Crippen molar-refractivity contribution in [1.82, 2.24) is 20.4 Å². The number of hydrogen-bond donors (Lipinski definition) is 2. The first-order valence-corrected chi connectivity index (χ1v) is 11.8. The summed E-state index contributed by atoms with van der Waals surface area (Å²) in [7, 11) is 0. The van der Waals surface area contributed by atoms with Crippen LogP contribution in [0.1, 0.15) is 44.4 Å². The zero-order chi connectivity index (χ0) is 24.9. The van der Waals surface area contributed by atoms with Crippen LogP contribution < -0.4 is 15.4 Å². The summed E-state index contributed by atoms with van der Waals surface area (Å²) in [5.41, 5.74) is 4.83. The van der Waals surface area contributed by atoms with E-state index in [0.29, 0.717) is 29.1 Å². The number of hydrogen-bond acceptors (Lipinski definition) is 5. The summed E-state index contributed by atoms with van der Waals surface area (Å²) < 4.78 is 12.9. The molecular weight excluding hydrogens is 444 g/mol. The fraction of sp³-hybridized carbons (Fsp3) is 0.296. The van der Waals surface area contributed by atoms with Crippen LogP contribution in [-0.2, 0) is 9.53 Å². The lowest BCUT2D eigenvalue weighted by molar-refractivity contribution is -0.139. The van der Waals surface area contributed by atoms with E-state index in [1.54, 1.807) is 18.5 Å². The Kier molecular flexibility index (Phi) is 7.19. The van der Waals surface area contributed by atoms with Gasteiger partial charge in [0.25, 0.3) is 0 Å². The molecule has 1 atom stereocenters. The predicted molar refractivity (Wildman–Crippen MR) is 133 cm³/mol. The summed E-state index contributed by atoms with van der Waals surface area (Å²) in [6.45, 7) is 8.37. The highest BCUT2D eigenvalue weighted by molar-refractivity contribution is 5.95. The molecular formula is C27H30N4O4. The minimum absolute atomic E-state index is 0.227. The van der Waals surface area contributed by atoms with Crippen molar-refractivity contribution in [1.29, 1.82) is 0 Å². The van der Waals surface area contributed by atoms with E-state index in [2.05, 4.69) is 17.6 Å². The number of nitrogens with zero attached hydrogens (tertiary/aromatic N) is 2. The average Bonchev–Trinajstić information content (AvgIpc) is 3.29. The Labute approximate surface area is 204 Å². The largest absolute Gasteiger partial charge is 0.493 e. The van der Waals surface area contributed by atoms with Gasteiger partial charge in [-0.05, 0) is 63.1 Å². The predicted octanol–water partition coefficient (Wildman–Crippen LogP) is 4.83. The summed E-state index contributed by atoms with van der Waals surface area (Å²) in [5.74, 6) is 0.332. The van der Waals surface area contributed by atoms with Gasteiger partial charge in [0.1, 0.15) is 5.75 Å². The number of aromatic nitrogens is 2. The van der Waals surface area contributed by atoms with Crippen LogP contribution >= 0.6 is 0 Å². The molecule has 2 N–H and O–H groups in total. The highest BCUT2D eigenvalue weighted by Gasteiger charge is 2.35. The smallest absolute Gasteiger partial charge is 0.338 e. The molecule has 0 bridgehead atoms. The third-order valence-electron chi connectivity index (χ3n) is 5.75. The molecule has 182 valence electrons. The number of esters is 1. The van der Waals surface area contributed by atoms with Crippen molar-refractivity contribution in [3.8, 4) is 22.7 Å². The molecule has 0 fully saturated rings. The van der Waals surface area contributed by atoms with Gasteiger partial charge >= 0.3 is 12.0 Å². The molecule has 2 amide bonds. The summed E-state index contributed by atoms with van der Waals surface area (Å²) in [6.07, 6.45) is 2.77. The van der Waals surface area contributed by atoms with Crippen molar-refractivity contribution >= 4 is 12.0 Å². The molecule has 0 aliphatic carbocycles. The maximum atomic E-state index is 12.9. The normalized spacial score (nSPS) is 15.4. The second-order valence-electron chi connectivity index (χ2n) is 8.33. The maximum absolute atomic E-state index is 12.9. The highest BCUT2D eigenvalue weighted by Crippen LogP contribution is 2.36. The number of para-hydroxylation sites is 1. The third-order valence-corrected chi connectivity index (χ3v) is 5.75. The van der Waals surface area contributed by atoms with E-state index in [1.165, 1.54) is 0 Å². The van der Waals surface area contributed by atoms with Gasteiger partial charge in [0.2, 0.25) is 0 Å². The number of amides is 2. The Balaban J connectivity index is 1.87. The van der Waals surface area contributed by atoms with Crippen molar-refractivity contribution in [3.63, 3.8) is 0 Å². The van der Waals surface area contributed by atoms with E-state index >= 15 is 0 Å². The van der Waals surface area contributed by atoms with Crippen LogP contribution in [0.4, 0.5) is 4.79 Å². The minimum atomic E-state index is -0.730.